The Morgan fingerprint density at radius 3 is 2.14 bits per heavy atom. The second-order valence-corrected chi connectivity index (χ2v) is 5.42. The summed E-state index contributed by atoms with van der Waals surface area (Å²) in [7, 11) is 0. The second-order valence-electron chi connectivity index (χ2n) is 5.42. The van der Waals surface area contributed by atoms with E-state index in [4.69, 9.17) is 5.73 Å². The normalized spacial score (nSPS) is 10.4. The van der Waals surface area contributed by atoms with Gasteiger partial charge in [-0.25, -0.2) is 0 Å². The van der Waals surface area contributed by atoms with Crippen LogP contribution in [0.25, 0.3) is 0 Å². The standard InChI is InChI=1S/C18H22N2O/c1-4-9-20(17-7-5-16(19)6-8-17)18(21)15-11-13(2)10-14(3)12-15/h5-8,10-12H,4,9,19H2,1-3H3. The lowest BCUT2D eigenvalue weighted by Gasteiger charge is -2.23. The molecule has 1 amide bonds. The number of carbonyl (C=O) groups excluding carboxylic acids is 1. The number of hydrogen-bond acceptors (Lipinski definition) is 2. The molecule has 0 aliphatic rings. The molecular weight excluding hydrogens is 260 g/mol. The fourth-order valence-corrected chi connectivity index (χ4v) is 2.48. The SMILES string of the molecule is CCCN(C(=O)c1cc(C)cc(C)c1)c1ccc(N)cc1. The molecule has 0 unspecified atom stereocenters. The fraction of sp³-hybridized carbons (Fsp3) is 0.278. The first-order chi connectivity index (χ1) is 10.0. The van der Waals surface area contributed by atoms with Crippen LogP contribution in [0.2, 0.25) is 0 Å². The lowest BCUT2D eigenvalue weighted by molar-refractivity contribution is 0.0986. The largest absolute Gasteiger partial charge is 0.399 e. The quantitative estimate of drug-likeness (QED) is 0.863. The highest BCUT2D eigenvalue weighted by molar-refractivity contribution is 6.06. The van der Waals surface area contributed by atoms with E-state index in [1.165, 1.54) is 0 Å². The average molecular weight is 282 g/mol. The third-order valence-electron chi connectivity index (χ3n) is 3.37. The lowest BCUT2D eigenvalue weighted by Crippen LogP contribution is -2.31. The minimum absolute atomic E-state index is 0.0356. The molecule has 0 bridgehead atoms. The molecule has 110 valence electrons. The van der Waals surface area contributed by atoms with Gasteiger partial charge in [-0.05, 0) is 56.7 Å². The van der Waals surface area contributed by atoms with Gasteiger partial charge in [-0.15, -0.1) is 0 Å². The van der Waals surface area contributed by atoms with Gasteiger partial charge in [0.25, 0.3) is 5.91 Å². The molecule has 0 heterocycles. The molecule has 0 atom stereocenters. The van der Waals surface area contributed by atoms with Gasteiger partial charge in [0.05, 0.1) is 0 Å². The Hall–Kier alpha value is -2.29. The van der Waals surface area contributed by atoms with Gasteiger partial charge in [0.2, 0.25) is 0 Å². The molecular formula is C18H22N2O. The van der Waals surface area contributed by atoms with Crippen molar-refractivity contribution < 1.29 is 4.79 Å². The van der Waals surface area contributed by atoms with Crippen LogP contribution in [0.15, 0.2) is 42.5 Å². The number of amides is 1. The van der Waals surface area contributed by atoms with Crippen molar-refractivity contribution in [3.8, 4) is 0 Å². The number of carbonyl (C=O) groups is 1. The van der Waals surface area contributed by atoms with Crippen molar-refractivity contribution in [1.82, 2.24) is 0 Å². The topological polar surface area (TPSA) is 46.3 Å². The molecule has 0 radical (unpaired) electrons. The van der Waals surface area contributed by atoms with Gasteiger partial charge in [-0.1, -0.05) is 24.1 Å². The zero-order valence-corrected chi connectivity index (χ0v) is 12.9. The van der Waals surface area contributed by atoms with Gasteiger partial charge in [0.1, 0.15) is 0 Å². The molecule has 0 spiro atoms. The van der Waals surface area contributed by atoms with Crippen LogP contribution < -0.4 is 10.6 Å². The number of hydrogen-bond donors (Lipinski definition) is 1. The number of rotatable bonds is 4. The first kappa shape index (κ1) is 15.1. The summed E-state index contributed by atoms with van der Waals surface area (Å²) in [6.45, 7) is 6.78. The molecule has 0 aliphatic heterocycles. The number of aryl methyl sites for hydroxylation is 2. The molecule has 21 heavy (non-hydrogen) atoms. The summed E-state index contributed by atoms with van der Waals surface area (Å²) in [6, 6.07) is 13.4. The van der Waals surface area contributed by atoms with Crippen LogP contribution in [-0.4, -0.2) is 12.5 Å². The van der Waals surface area contributed by atoms with Gasteiger partial charge in [0, 0.05) is 23.5 Å². The Morgan fingerprint density at radius 1 is 1.05 bits per heavy atom. The highest BCUT2D eigenvalue weighted by Gasteiger charge is 2.17. The zero-order chi connectivity index (χ0) is 15.4. The number of benzene rings is 2. The molecule has 2 aromatic carbocycles. The predicted molar refractivity (Wildman–Crippen MR) is 88.7 cm³/mol. The van der Waals surface area contributed by atoms with Crippen LogP contribution in [0.4, 0.5) is 11.4 Å². The summed E-state index contributed by atoms with van der Waals surface area (Å²) in [6.07, 6.45) is 0.904. The van der Waals surface area contributed by atoms with Crippen LogP contribution in [0.5, 0.6) is 0 Å². The number of anilines is 2. The van der Waals surface area contributed by atoms with Gasteiger partial charge in [0.15, 0.2) is 0 Å². The van der Waals surface area contributed by atoms with Crippen molar-refractivity contribution in [2.45, 2.75) is 27.2 Å². The molecule has 0 aromatic heterocycles. The van der Waals surface area contributed by atoms with Gasteiger partial charge >= 0.3 is 0 Å². The first-order valence-electron chi connectivity index (χ1n) is 7.27. The Balaban J connectivity index is 2.37. The lowest BCUT2D eigenvalue weighted by atomic mass is 10.1. The van der Waals surface area contributed by atoms with Crippen molar-refractivity contribution in [3.63, 3.8) is 0 Å². The van der Waals surface area contributed by atoms with E-state index >= 15 is 0 Å². The van der Waals surface area contributed by atoms with E-state index < -0.39 is 0 Å². The molecule has 2 N–H and O–H groups in total. The van der Waals surface area contributed by atoms with Crippen molar-refractivity contribution in [2.24, 2.45) is 0 Å². The Labute approximate surface area is 126 Å². The van der Waals surface area contributed by atoms with Crippen LogP contribution >= 0.6 is 0 Å². The maximum absolute atomic E-state index is 12.8. The maximum atomic E-state index is 12.8. The minimum atomic E-state index is 0.0356. The highest BCUT2D eigenvalue weighted by atomic mass is 16.2. The summed E-state index contributed by atoms with van der Waals surface area (Å²) in [5.41, 5.74) is 10.3. The molecule has 3 heteroatoms. The van der Waals surface area contributed by atoms with Crippen LogP contribution in [0, 0.1) is 13.8 Å². The summed E-state index contributed by atoms with van der Waals surface area (Å²) >= 11 is 0. The van der Waals surface area contributed by atoms with E-state index in [-0.39, 0.29) is 5.91 Å². The van der Waals surface area contributed by atoms with E-state index in [9.17, 15) is 4.79 Å². The summed E-state index contributed by atoms with van der Waals surface area (Å²) in [5.74, 6) is 0.0356. The summed E-state index contributed by atoms with van der Waals surface area (Å²) in [4.78, 5) is 14.6. The third kappa shape index (κ3) is 3.63. The number of nitrogen functional groups attached to an aromatic ring is 1. The van der Waals surface area contributed by atoms with E-state index in [1.54, 1.807) is 0 Å². The number of nitrogens with zero attached hydrogens (tertiary/aromatic N) is 1. The van der Waals surface area contributed by atoms with Crippen molar-refractivity contribution >= 4 is 17.3 Å². The molecule has 2 aromatic rings. The van der Waals surface area contributed by atoms with Crippen LogP contribution in [0.3, 0.4) is 0 Å². The molecule has 0 fully saturated rings. The smallest absolute Gasteiger partial charge is 0.258 e. The van der Waals surface area contributed by atoms with E-state index in [1.807, 2.05) is 55.1 Å². The van der Waals surface area contributed by atoms with Crippen LogP contribution in [0.1, 0.15) is 34.8 Å². The number of nitrogens with two attached hydrogens (primary N) is 1. The van der Waals surface area contributed by atoms with E-state index in [0.29, 0.717) is 12.2 Å². The molecule has 0 saturated heterocycles. The molecule has 2 rings (SSSR count). The Kier molecular flexibility index (Phi) is 4.63. The third-order valence-corrected chi connectivity index (χ3v) is 3.37. The van der Waals surface area contributed by atoms with Crippen molar-refractivity contribution in [1.29, 1.82) is 0 Å². The predicted octanol–water partition coefficient (Wildman–Crippen LogP) is 3.94. The van der Waals surface area contributed by atoms with Gasteiger partial charge in [-0.2, -0.15) is 0 Å². The molecule has 0 saturated carbocycles. The monoisotopic (exact) mass is 282 g/mol. The summed E-state index contributed by atoms with van der Waals surface area (Å²) in [5, 5.41) is 0. The average Bonchev–Trinajstić information content (AvgIpc) is 2.44. The minimum Gasteiger partial charge on any atom is -0.399 e. The highest BCUT2D eigenvalue weighted by Crippen LogP contribution is 2.20. The fourth-order valence-electron chi connectivity index (χ4n) is 2.48. The Bertz CT molecular complexity index is 612. The van der Waals surface area contributed by atoms with Crippen LogP contribution in [-0.2, 0) is 0 Å². The molecule has 0 aliphatic carbocycles. The van der Waals surface area contributed by atoms with Crippen molar-refractivity contribution in [3.05, 3.63) is 59.2 Å². The summed E-state index contributed by atoms with van der Waals surface area (Å²) < 4.78 is 0. The Morgan fingerprint density at radius 2 is 1.62 bits per heavy atom. The van der Waals surface area contributed by atoms with Gasteiger partial charge < -0.3 is 10.6 Å². The first-order valence-corrected chi connectivity index (χ1v) is 7.27. The van der Waals surface area contributed by atoms with E-state index in [2.05, 4.69) is 13.0 Å². The van der Waals surface area contributed by atoms with E-state index in [0.717, 1.165) is 28.8 Å². The van der Waals surface area contributed by atoms with Gasteiger partial charge in [-0.3, -0.25) is 4.79 Å². The molecule has 3 nitrogen and oxygen atoms in total. The second kappa shape index (κ2) is 6.44. The van der Waals surface area contributed by atoms with Crippen molar-refractivity contribution in [2.75, 3.05) is 17.2 Å². The zero-order valence-electron chi connectivity index (χ0n) is 12.9. The maximum Gasteiger partial charge on any atom is 0.258 e.